The number of nitrogens with one attached hydrogen (secondary N) is 1. The van der Waals surface area contributed by atoms with E-state index in [1.807, 2.05) is 12.1 Å². The van der Waals surface area contributed by atoms with Gasteiger partial charge < -0.3 is 10.1 Å². The molecular weight excluding hydrogens is 229 g/mol. The van der Waals surface area contributed by atoms with Crippen molar-refractivity contribution in [2.45, 2.75) is 12.6 Å². The van der Waals surface area contributed by atoms with Crippen LogP contribution in [0.2, 0.25) is 0 Å². The van der Waals surface area contributed by atoms with Crippen LogP contribution in [0, 0.1) is 5.82 Å². The number of hydrogen-bond acceptors (Lipinski definition) is 2. The molecule has 0 saturated heterocycles. The molecule has 0 spiro atoms. The molecule has 0 aliphatic carbocycles. The molecule has 92 valence electrons. The Hall–Kier alpha value is -1.87. The van der Waals surface area contributed by atoms with Crippen LogP contribution in [0.15, 0.2) is 48.5 Å². The Morgan fingerprint density at radius 1 is 1.17 bits per heavy atom. The van der Waals surface area contributed by atoms with Gasteiger partial charge in [0, 0.05) is 12.6 Å². The van der Waals surface area contributed by atoms with Crippen molar-refractivity contribution in [1.29, 1.82) is 0 Å². The zero-order chi connectivity index (χ0) is 12.4. The third kappa shape index (κ3) is 2.22. The van der Waals surface area contributed by atoms with Crippen LogP contribution < -0.4 is 10.1 Å². The van der Waals surface area contributed by atoms with Gasteiger partial charge in [0.1, 0.15) is 18.2 Å². The lowest BCUT2D eigenvalue weighted by molar-refractivity contribution is 0.272. The van der Waals surface area contributed by atoms with Gasteiger partial charge in [0.2, 0.25) is 0 Å². The maximum atomic E-state index is 13.0. The van der Waals surface area contributed by atoms with Gasteiger partial charge in [0.05, 0.1) is 6.04 Å². The lowest BCUT2D eigenvalue weighted by Gasteiger charge is -2.13. The van der Waals surface area contributed by atoms with Gasteiger partial charge in [-0.2, -0.15) is 0 Å². The monoisotopic (exact) mass is 243 g/mol. The van der Waals surface area contributed by atoms with Crippen molar-refractivity contribution < 1.29 is 9.13 Å². The molecule has 18 heavy (non-hydrogen) atoms. The summed E-state index contributed by atoms with van der Waals surface area (Å²) in [5.74, 6) is 0.300. The molecule has 3 rings (SSSR count). The Labute approximate surface area is 105 Å². The van der Waals surface area contributed by atoms with Gasteiger partial charge >= 0.3 is 0 Å². The molecule has 1 heterocycles. The van der Waals surface area contributed by atoms with Gasteiger partial charge in [-0.05, 0) is 23.3 Å². The normalized spacial score (nSPS) is 17.5. The van der Waals surface area contributed by atoms with Crippen molar-refractivity contribution in [3.63, 3.8) is 0 Å². The highest BCUT2D eigenvalue weighted by Crippen LogP contribution is 2.25. The molecule has 1 N–H and O–H groups in total. The summed E-state index contributed by atoms with van der Waals surface area (Å²) in [4.78, 5) is 0. The van der Waals surface area contributed by atoms with Crippen molar-refractivity contribution in [2.24, 2.45) is 0 Å². The maximum Gasteiger partial charge on any atom is 0.126 e. The molecule has 0 fully saturated rings. The van der Waals surface area contributed by atoms with Crippen LogP contribution in [0.5, 0.6) is 5.75 Å². The van der Waals surface area contributed by atoms with Crippen LogP contribution in [-0.2, 0) is 6.54 Å². The van der Waals surface area contributed by atoms with E-state index in [0.29, 0.717) is 12.4 Å². The summed E-state index contributed by atoms with van der Waals surface area (Å²) in [5.41, 5.74) is 2.58. The van der Waals surface area contributed by atoms with E-state index in [9.17, 15) is 4.39 Å². The zero-order valence-corrected chi connectivity index (χ0v) is 9.90. The van der Waals surface area contributed by atoms with Gasteiger partial charge in [-0.3, -0.25) is 0 Å². The molecule has 0 radical (unpaired) electrons. The summed E-state index contributed by atoms with van der Waals surface area (Å²) < 4.78 is 18.6. The van der Waals surface area contributed by atoms with E-state index in [4.69, 9.17) is 4.74 Å². The molecule has 0 saturated carbocycles. The first-order valence-electron chi connectivity index (χ1n) is 6.02. The smallest absolute Gasteiger partial charge is 0.126 e. The van der Waals surface area contributed by atoms with Gasteiger partial charge in [-0.25, -0.2) is 4.39 Å². The average molecular weight is 243 g/mol. The van der Waals surface area contributed by atoms with Crippen molar-refractivity contribution >= 4 is 0 Å². The number of ether oxygens (including phenoxy) is 1. The summed E-state index contributed by atoms with van der Waals surface area (Å²) >= 11 is 0. The second kappa shape index (κ2) is 4.78. The Bertz CT molecular complexity index is 556. The highest BCUT2D eigenvalue weighted by molar-refractivity contribution is 5.34. The van der Waals surface area contributed by atoms with E-state index in [0.717, 1.165) is 6.54 Å². The van der Waals surface area contributed by atoms with Crippen LogP contribution in [0.25, 0.3) is 0 Å². The largest absolute Gasteiger partial charge is 0.492 e. The topological polar surface area (TPSA) is 21.3 Å². The molecule has 2 aromatic rings. The summed E-state index contributed by atoms with van der Waals surface area (Å²) in [7, 11) is 0. The summed E-state index contributed by atoms with van der Waals surface area (Å²) in [6, 6.07) is 14.7. The fourth-order valence-electron chi connectivity index (χ4n) is 2.26. The first-order valence-corrected chi connectivity index (χ1v) is 6.02. The minimum atomic E-state index is -0.271. The predicted octanol–water partition coefficient (Wildman–Crippen LogP) is 3.05. The molecule has 0 amide bonds. The molecule has 2 aromatic carbocycles. The number of halogens is 1. The van der Waals surface area contributed by atoms with Crippen molar-refractivity contribution in [3.05, 3.63) is 65.5 Å². The average Bonchev–Trinajstić information content (AvgIpc) is 2.80. The molecule has 1 atom stereocenters. The van der Waals surface area contributed by atoms with Gasteiger partial charge in [-0.15, -0.1) is 0 Å². The number of benzene rings is 2. The van der Waals surface area contributed by atoms with Crippen molar-refractivity contribution in [3.8, 4) is 5.75 Å². The summed E-state index contributed by atoms with van der Waals surface area (Å²) in [5, 5.41) is 3.39. The van der Waals surface area contributed by atoms with Crippen molar-refractivity contribution in [2.75, 3.05) is 6.61 Å². The fraction of sp³-hybridized carbons (Fsp3) is 0.200. The quantitative estimate of drug-likeness (QED) is 0.894. The SMILES string of the molecule is Fc1cccc(OCC2NCc3ccccc32)c1. The van der Waals surface area contributed by atoms with E-state index in [-0.39, 0.29) is 11.9 Å². The lowest BCUT2D eigenvalue weighted by atomic mass is 10.1. The zero-order valence-electron chi connectivity index (χ0n) is 9.90. The van der Waals surface area contributed by atoms with Crippen LogP contribution in [0.1, 0.15) is 17.2 Å². The van der Waals surface area contributed by atoms with Crippen LogP contribution in [0.4, 0.5) is 4.39 Å². The Kier molecular flexibility index (Phi) is 2.99. The molecule has 2 nitrogen and oxygen atoms in total. The lowest BCUT2D eigenvalue weighted by Crippen LogP contribution is -2.19. The molecule has 1 unspecified atom stereocenters. The standard InChI is InChI=1S/C15H14FNO/c16-12-5-3-6-13(8-12)18-10-15-14-7-2-1-4-11(14)9-17-15/h1-8,15,17H,9-10H2. The van der Waals surface area contributed by atoms with Crippen LogP contribution in [0.3, 0.4) is 0 Å². The number of hydrogen-bond donors (Lipinski definition) is 1. The highest BCUT2D eigenvalue weighted by Gasteiger charge is 2.21. The Morgan fingerprint density at radius 2 is 2.06 bits per heavy atom. The summed E-state index contributed by atoms with van der Waals surface area (Å²) in [6.45, 7) is 1.38. The fourth-order valence-corrected chi connectivity index (χ4v) is 2.26. The first-order chi connectivity index (χ1) is 8.83. The Morgan fingerprint density at radius 3 is 2.94 bits per heavy atom. The molecule has 1 aliphatic rings. The van der Waals surface area contributed by atoms with Gasteiger partial charge in [-0.1, -0.05) is 30.3 Å². The second-order valence-corrected chi connectivity index (χ2v) is 4.40. The van der Waals surface area contributed by atoms with E-state index in [1.54, 1.807) is 12.1 Å². The van der Waals surface area contributed by atoms with E-state index in [1.165, 1.54) is 23.3 Å². The predicted molar refractivity (Wildman–Crippen MR) is 67.9 cm³/mol. The third-order valence-corrected chi connectivity index (χ3v) is 3.18. The molecule has 3 heteroatoms. The van der Waals surface area contributed by atoms with E-state index in [2.05, 4.69) is 17.4 Å². The van der Waals surface area contributed by atoms with Crippen LogP contribution in [-0.4, -0.2) is 6.61 Å². The minimum Gasteiger partial charge on any atom is -0.492 e. The third-order valence-electron chi connectivity index (χ3n) is 3.18. The van der Waals surface area contributed by atoms with Gasteiger partial charge in [0.25, 0.3) is 0 Å². The molecule has 0 bridgehead atoms. The minimum absolute atomic E-state index is 0.185. The Balaban J connectivity index is 1.69. The second-order valence-electron chi connectivity index (χ2n) is 4.40. The van der Waals surface area contributed by atoms with E-state index >= 15 is 0 Å². The summed E-state index contributed by atoms with van der Waals surface area (Å²) in [6.07, 6.45) is 0. The van der Waals surface area contributed by atoms with Crippen molar-refractivity contribution in [1.82, 2.24) is 5.32 Å². The first kappa shape index (κ1) is 11.2. The number of rotatable bonds is 3. The van der Waals surface area contributed by atoms with E-state index < -0.39 is 0 Å². The molecular formula is C15H14FNO. The van der Waals surface area contributed by atoms with Crippen LogP contribution >= 0.6 is 0 Å². The maximum absolute atomic E-state index is 13.0. The number of fused-ring (bicyclic) bond motifs is 1. The molecule has 0 aromatic heterocycles. The molecule has 1 aliphatic heterocycles. The highest BCUT2D eigenvalue weighted by atomic mass is 19.1. The van der Waals surface area contributed by atoms with Gasteiger partial charge in [0.15, 0.2) is 0 Å².